The Labute approximate surface area is 169 Å². The number of hydrogen-bond acceptors (Lipinski definition) is 3. The summed E-state index contributed by atoms with van der Waals surface area (Å²) in [4.78, 5) is 4.66. The van der Waals surface area contributed by atoms with E-state index in [0.717, 1.165) is 27.0 Å². The second-order valence-corrected chi connectivity index (χ2v) is 9.52. The first-order chi connectivity index (χ1) is 14.3. The van der Waals surface area contributed by atoms with Crippen LogP contribution in [0.15, 0.2) is 114 Å². The highest BCUT2D eigenvalue weighted by Gasteiger charge is 2.33. The average molecular weight is 395 g/mol. The van der Waals surface area contributed by atoms with Crippen molar-refractivity contribution in [2.75, 3.05) is 0 Å². The maximum absolute atomic E-state index is 14.8. The lowest BCUT2D eigenvalue weighted by Gasteiger charge is -2.21. The van der Waals surface area contributed by atoms with E-state index >= 15 is 0 Å². The minimum Gasteiger partial charge on any atom is -0.436 e. The van der Waals surface area contributed by atoms with Crippen LogP contribution in [0.25, 0.3) is 22.6 Å². The molecule has 140 valence electrons. The van der Waals surface area contributed by atoms with Crippen molar-refractivity contribution in [3.8, 4) is 11.5 Å². The maximum atomic E-state index is 14.8. The van der Waals surface area contributed by atoms with Gasteiger partial charge < -0.3 is 8.98 Å². The smallest absolute Gasteiger partial charge is 0.228 e. The molecule has 29 heavy (non-hydrogen) atoms. The van der Waals surface area contributed by atoms with Crippen molar-refractivity contribution in [3.63, 3.8) is 0 Å². The number of para-hydroxylation sites is 2. The molecular weight excluding hydrogens is 377 g/mol. The molecule has 1 aromatic heterocycles. The van der Waals surface area contributed by atoms with Gasteiger partial charge in [-0.2, -0.15) is 0 Å². The van der Waals surface area contributed by atoms with Crippen LogP contribution in [-0.4, -0.2) is 4.98 Å². The van der Waals surface area contributed by atoms with Crippen molar-refractivity contribution in [2.24, 2.45) is 0 Å². The molecule has 0 aliphatic rings. The Bertz CT molecular complexity index is 1250. The Morgan fingerprint density at radius 2 is 1.17 bits per heavy atom. The van der Waals surface area contributed by atoms with Gasteiger partial charge in [0, 0.05) is 21.5 Å². The molecule has 1 heterocycles. The largest absolute Gasteiger partial charge is 0.436 e. The monoisotopic (exact) mass is 395 g/mol. The molecule has 5 aromatic rings. The molecule has 4 heteroatoms. The summed E-state index contributed by atoms with van der Waals surface area (Å²) in [6.07, 6.45) is 0. The standard InChI is InChI=1S/C25H18NO2P/c27-29(19-11-3-1-4-12-19,20-13-5-2-6-14-20)24-18-10-7-15-21(24)25-26-22-16-8-9-17-23(22)28-25/h1-18H. The molecule has 0 aliphatic heterocycles. The van der Waals surface area contributed by atoms with Crippen LogP contribution in [0.2, 0.25) is 0 Å². The van der Waals surface area contributed by atoms with Gasteiger partial charge in [-0.1, -0.05) is 91.0 Å². The Morgan fingerprint density at radius 3 is 1.83 bits per heavy atom. The lowest BCUT2D eigenvalue weighted by molar-refractivity contribution is 0.592. The highest BCUT2D eigenvalue weighted by Crippen LogP contribution is 2.45. The fourth-order valence-electron chi connectivity index (χ4n) is 3.62. The van der Waals surface area contributed by atoms with E-state index in [0.29, 0.717) is 11.5 Å². The third-order valence-electron chi connectivity index (χ3n) is 5.01. The lowest BCUT2D eigenvalue weighted by Crippen LogP contribution is -2.26. The molecule has 0 radical (unpaired) electrons. The van der Waals surface area contributed by atoms with Crippen molar-refractivity contribution in [1.29, 1.82) is 0 Å². The van der Waals surface area contributed by atoms with Gasteiger partial charge in [0.25, 0.3) is 0 Å². The van der Waals surface area contributed by atoms with Crippen LogP contribution < -0.4 is 15.9 Å². The third-order valence-corrected chi connectivity index (χ3v) is 8.13. The molecule has 0 saturated carbocycles. The highest BCUT2D eigenvalue weighted by molar-refractivity contribution is 7.85. The highest BCUT2D eigenvalue weighted by atomic mass is 31.2. The van der Waals surface area contributed by atoms with E-state index in [1.807, 2.05) is 109 Å². The first-order valence-corrected chi connectivity index (χ1v) is 11.1. The van der Waals surface area contributed by atoms with Crippen LogP contribution in [0.4, 0.5) is 0 Å². The molecule has 0 saturated heterocycles. The van der Waals surface area contributed by atoms with Gasteiger partial charge >= 0.3 is 0 Å². The van der Waals surface area contributed by atoms with E-state index in [-0.39, 0.29) is 0 Å². The fraction of sp³-hybridized carbons (Fsp3) is 0. The Balaban J connectivity index is 1.80. The van der Waals surface area contributed by atoms with Gasteiger partial charge in [0.2, 0.25) is 5.89 Å². The summed E-state index contributed by atoms with van der Waals surface area (Å²) in [5, 5.41) is 2.30. The molecule has 0 atom stereocenters. The molecule has 0 fully saturated rings. The van der Waals surface area contributed by atoms with Gasteiger partial charge in [-0.05, 0) is 18.2 Å². The van der Waals surface area contributed by atoms with Crippen LogP contribution in [0, 0.1) is 0 Å². The Kier molecular flexibility index (Phi) is 4.38. The minimum atomic E-state index is -3.12. The number of hydrogen-bond donors (Lipinski definition) is 0. The minimum absolute atomic E-state index is 0.480. The van der Waals surface area contributed by atoms with Crippen molar-refractivity contribution in [1.82, 2.24) is 4.98 Å². The number of rotatable bonds is 4. The third kappa shape index (κ3) is 3.00. The van der Waals surface area contributed by atoms with E-state index in [2.05, 4.69) is 4.98 Å². The maximum Gasteiger partial charge on any atom is 0.228 e. The quantitative estimate of drug-likeness (QED) is 0.396. The van der Waals surface area contributed by atoms with Crippen LogP contribution in [0.5, 0.6) is 0 Å². The molecule has 0 aliphatic carbocycles. The van der Waals surface area contributed by atoms with Crippen molar-refractivity contribution in [3.05, 3.63) is 109 Å². The molecule has 0 bridgehead atoms. The number of benzene rings is 4. The van der Waals surface area contributed by atoms with Crippen molar-refractivity contribution >= 4 is 34.2 Å². The van der Waals surface area contributed by atoms with Crippen LogP contribution in [0.1, 0.15) is 0 Å². The summed E-state index contributed by atoms with van der Waals surface area (Å²) in [5.41, 5.74) is 2.25. The van der Waals surface area contributed by atoms with E-state index in [9.17, 15) is 4.57 Å². The zero-order valence-corrected chi connectivity index (χ0v) is 16.5. The fourth-order valence-corrected chi connectivity index (χ4v) is 6.46. The Hall–Kier alpha value is -3.42. The zero-order valence-electron chi connectivity index (χ0n) is 15.6. The van der Waals surface area contributed by atoms with Gasteiger partial charge in [0.1, 0.15) is 5.52 Å². The Morgan fingerprint density at radius 1 is 0.621 bits per heavy atom. The summed E-state index contributed by atoms with van der Waals surface area (Å²) < 4.78 is 20.8. The molecule has 0 unspecified atom stereocenters. The predicted octanol–water partition coefficient (Wildman–Crippen LogP) is 5.13. The second-order valence-electron chi connectivity index (χ2n) is 6.78. The van der Waals surface area contributed by atoms with Gasteiger partial charge in [0.05, 0.1) is 0 Å². The second kappa shape index (κ2) is 7.20. The summed E-state index contributed by atoms with van der Waals surface area (Å²) in [6, 6.07) is 34.6. The molecule has 5 rings (SSSR count). The predicted molar refractivity (Wildman–Crippen MR) is 119 cm³/mol. The number of aromatic nitrogens is 1. The van der Waals surface area contributed by atoms with E-state index < -0.39 is 7.14 Å². The van der Waals surface area contributed by atoms with E-state index in [4.69, 9.17) is 4.42 Å². The van der Waals surface area contributed by atoms with Crippen LogP contribution >= 0.6 is 7.14 Å². The lowest BCUT2D eigenvalue weighted by atomic mass is 10.2. The summed E-state index contributed by atoms with van der Waals surface area (Å²) in [6.45, 7) is 0. The molecule has 3 nitrogen and oxygen atoms in total. The molecule has 0 amide bonds. The molecular formula is C25H18NO2P. The summed E-state index contributed by atoms with van der Waals surface area (Å²) in [5.74, 6) is 0.480. The zero-order chi connectivity index (χ0) is 19.7. The SMILES string of the molecule is O=P(c1ccccc1)(c1ccccc1)c1ccccc1-c1nc2ccccc2o1. The van der Waals surface area contributed by atoms with E-state index in [1.165, 1.54) is 0 Å². The first-order valence-electron chi connectivity index (χ1n) is 9.43. The van der Waals surface area contributed by atoms with Gasteiger partial charge in [-0.15, -0.1) is 0 Å². The number of oxazole rings is 1. The van der Waals surface area contributed by atoms with Crippen LogP contribution in [0.3, 0.4) is 0 Å². The summed E-state index contributed by atoms with van der Waals surface area (Å²) in [7, 11) is -3.12. The van der Waals surface area contributed by atoms with Crippen molar-refractivity contribution < 1.29 is 8.98 Å². The van der Waals surface area contributed by atoms with Crippen molar-refractivity contribution in [2.45, 2.75) is 0 Å². The van der Waals surface area contributed by atoms with Gasteiger partial charge in [-0.3, -0.25) is 0 Å². The van der Waals surface area contributed by atoms with Gasteiger partial charge in [0.15, 0.2) is 12.7 Å². The first kappa shape index (κ1) is 17.7. The number of nitrogens with zero attached hydrogens (tertiary/aromatic N) is 1. The topological polar surface area (TPSA) is 43.1 Å². The van der Waals surface area contributed by atoms with Gasteiger partial charge in [-0.25, -0.2) is 4.98 Å². The molecule has 4 aromatic carbocycles. The number of fused-ring (bicyclic) bond motifs is 1. The van der Waals surface area contributed by atoms with E-state index in [1.54, 1.807) is 0 Å². The molecule has 0 spiro atoms. The summed E-state index contributed by atoms with van der Waals surface area (Å²) >= 11 is 0. The average Bonchev–Trinajstić information content (AvgIpc) is 3.24. The normalized spacial score (nSPS) is 11.6. The van der Waals surface area contributed by atoms with Crippen LogP contribution in [-0.2, 0) is 4.57 Å². The molecule has 0 N–H and O–H groups in total.